The molecular formula is C53H48Cl2F6N2O9S2. The number of carboxylic acid groups (broad SMARTS) is 2. The van der Waals surface area contributed by atoms with Gasteiger partial charge in [-0.2, -0.15) is 26.3 Å². The molecule has 0 radical (unpaired) electrons. The molecular weight excluding hydrogens is 1060 g/mol. The highest BCUT2D eigenvalue weighted by atomic mass is 35.5. The van der Waals surface area contributed by atoms with Crippen molar-refractivity contribution < 1.29 is 70.1 Å². The Hall–Kier alpha value is -6.38. The highest BCUT2D eigenvalue weighted by Gasteiger charge is 2.46. The van der Waals surface area contributed by atoms with Crippen molar-refractivity contribution >= 4 is 80.2 Å². The van der Waals surface area contributed by atoms with Crippen molar-refractivity contribution in [1.82, 2.24) is 5.32 Å². The van der Waals surface area contributed by atoms with Crippen LogP contribution in [0.1, 0.15) is 131 Å². The second-order valence-corrected chi connectivity index (χ2v) is 20.9. The summed E-state index contributed by atoms with van der Waals surface area (Å²) in [7, 11) is 1.38. The smallest absolute Gasteiger partial charge is 0.416 e. The number of ether oxygens (including phenoxy) is 1. The van der Waals surface area contributed by atoms with E-state index in [1.54, 1.807) is 31.2 Å². The Bertz CT molecular complexity index is 3020. The Morgan fingerprint density at radius 3 is 1.32 bits per heavy atom. The zero-order valence-corrected chi connectivity index (χ0v) is 43.3. The summed E-state index contributed by atoms with van der Waals surface area (Å²) in [4.78, 5) is 69.1. The number of alkyl halides is 6. The van der Waals surface area contributed by atoms with Gasteiger partial charge in [0.25, 0.3) is 5.91 Å². The largest absolute Gasteiger partial charge is 0.478 e. The monoisotopic (exact) mass is 1100 g/mol. The summed E-state index contributed by atoms with van der Waals surface area (Å²) >= 11 is 11.9. The maximum Gasteiger partial charge on any atom is 0.416 e. The molecule has 0 aliphatic heterocycles. The summed E-state index contributed by atoms with van der Waals surface area (Å²) in [5.74, 6) is -2.54. The first-order chi connectivity index (χ1) is 34.5. The van der Waals surface area contributed by atoms with E-state index in [1.807, 2.05) is 32.9 Å². The van der Waals surface area contributed by atoms with E-state index in [2.05, 4.69) is 33.3 Å². The highest BCUT2D eigenvalue weighted by molar-refractivity contribution is 7.12. The number of benzene rings is 4. The molecule has 21 heteroatoms. The molecule has 392 valence electrons. The summed E-state index contributed by atoms with van der Waals surface area (Å²) < 4.78 is 80.7. The molecule has 0 bridgehead atoms. The second kappa shape index (κ2) is 23.9. The van der Waals surface area contributed by atoms with Crippen LogP contribution in [0.4, 0.5) is 26.3 Å². The van der Waals surface area contributed by atoms with Crippen LogP contribution >= 0.6 is 45.9 Å². The summed E-state index contributed by atoms with van der Waals surface area (Å²) in [5.41, 5.74) is 10.3. The molecule has 11 nitrogen and oxygen atoms in total. The SMILES string of the molecule is COC(=O)c1ccc(C2(N)CC2)cc1.Cc1sc(C)c(C(=O)NC2(c3ccc(C(=O)O)cc3)CC2)c1Cc1ccc(C(F)(F)F)cc1.Cc1sc(C)c(C(=O)O)c1Cc1ccc(C(F)(F)F)cc1.O=C(Cl)C(=O)Cl. The van der Waals surface area contributed by atoms with Crippen molar-refractivity contribution in [1.29, 1.82) is 0 Å². The predicted octanol–water partition coefficient (Wildman–Crippen LogP) is 12.7. The molecule has 0 saturated heterocycles. The van der Waals surface area contributed by atoms with Crippen LogP contribution < -0.4 is 11.1 Å². The number of nitrogens with two attached hydrogens (primary N) is 1. The third-order valence-electron chi connectivity index (χ3n) is 12.1. The Kier molecular flexibility index (Phi) is 18.9. The van der Waals surface area contributed by atoms with Crippen LogP contribution in [0.3, 0.4) is 0 Å². The predicted molar refractivity (Wildman–Crippen MR) is 269 cm³/mol. The number of hydrogen-bond acceptors (Lipinski definition) is 10. The van der Waals surface area contributed by atoms with Gasteiger partial charge >= 0.3 is 40.7 Å². The van der Waals surface area contributed by atoms with Crippen LogP contribution in [0, 0.1) is 27.7 Å². The van der Waals surface area contributed by atoms with Gasteiger partial charge in [-0.3, -0.25) is 14.4 Å². The fourth-order valence-electron chi connectivity index (χ4n) is 7.80. The Morgan fingerprint density at radius 2 is 0.973 bits per heavy atom. The lowest BCUT2D eigenvalue weighted by atomic mass is 9.97. The van der Waals surface area contributed by atoms with Gasteiger partial charge in [-0.15, -0.1) is 22.7 Å². The van der Waals surface area contributed by atoms with Gasteiger partial charge in [0.2, 0.25) is 0 Å². The molecule has 6 aromatic rings. The number of rotatable bonds is 12. The molecule has 8 rings (SSSR count). The summed E-state index contributed by atoms with van der Waals surface area (Å²) in [6.45, 7) is 7.33. The van der Waals surface area contributed by atoms with Gasteiger partial charge in [-0.1, -0.05) is 48.5 Å². The van der Waals surface area contributed by atoms with Gasteiger partial charge in [0, 0.05) is 25.0 Å². The molecule has 5 N–H and O–H groups in total. The first-order valence-electron chi connectivity index (χ1n) is 22.3. The molecule has 0 spiro atoms. The molecule has 4 aromatic carbocycles. The average molecular weight is 1110 g/mol. The Morgan fingerprint density at radius 1 is 0.581 bits per heavy atom. The van der Waals surface area contributed by atoms with Gasteiger partial charge < -0.3 is 26.0 Å². The van der Waals surface area contributed by atoms with Gasteiger partial charge in [0.15, 0.2) is 0 Å². The topological polar surface area (TPSA) is 190 Å². The van der Waals surface area contributed by atoms with E-state index in [0.717, 1.165) is 81.3 Å². The summed E-state index contributed by atoms with van der Waals surface area (Å²) in [6.07, 6.45) is -4.51. The molecule has 0 unspecified atom stereocenters. The summed E-state index contributed by atoms with van der Waals surface area (Å²) in [5, 5.41) is 19.2. The van der Waals surface area contributed by atoms with Crippen molar-refractivity contribution in [3.8, 4) is 0 Å². The van der Waals surface area contributed by atoms with E-state index in [4.69, 9.17) is 10.8 Å². The van der Waals surface area contributed by atoms with E-state index < -0.39 is 51.4 Å². The average Bonchev–Trinajstić information content (AvgIpc) is 4.25. The molecule has 2 saturated carbocycles. The van der Waals surface area contributed by atoms with E-state index in [1.165, 1.54) is 66.2 Å². The zero-order valence-electron chi connectivity index (χ0n) is 40.1. The number of amides is 1. The van der Waals surface area contributed by atoms with Gasteiger partial charge in [-0.25, -0.2) is 14.4 Å². The number of carbonyl (C=O) groups excluding carboxylic acids is 4. The van der Waals surface area contributed by atoms with Crippen molar-refractivity contribution in [3.63, 3.8) is 0 Å². The van der Waals surface area contributed by atoms with E-state index in [-0.39, 0.29) is 28.5 Å². The minimum absolute atomic E-state index is 0.130. The van der Waals surface area contributed by atoms with Gasteiger partial charge in [-0.05, 0) is 171 Å². The van der Waals surface area contributed by atoms with Crippen LogP contribution in [0.25, 0.3) is 0 Å². The zero-order chi connectivity index (χ0) is 55.1. The number of thiophene rings is 2. The molecule has 2 fully saturated rings. The molecule has 2 aliphatic carbocycles. The first kappa shape index (κ1) is 58.5. The van der Waals surface area contributed by atoms with Crippen molar-refractivity contribution in [2.45, 2.75) is 89.7 Å². The normalized spacial score (nSPS) is 13.8. The minimum Gasteiger partial charge on any atom is -0.478 e. The highest BCUT2D eigenvalue weighted by Crippen LogP contribution is 2.46. The fraction of sp³-hybridized carbons (Fsp3) is 0.283. The lowest BCUT2D eigenvalue weighted by Gasteiger charge is -2.19. The number of carbonyl (C=O) groups is 6. The number of nitrogens with one attached hydrogen (secondary N) is 1. The molecule has 2 heterocycles. The van der Waals surface area contributed by atoms with Crippen LogP contribution in [-0.2, 0) is 50.6 Å². The van der Waals surface area contributed by atoms with Crippen LogP contribution in [0.5, 0.6) is 0 Å². The maximum absolute atomic E-state index is 13.3. The molecule has 74 heavy (non-hydrogen) atoms. The van der Waals surface area contributed by atoms with Crippen molar-refractivity contribution in [3.05, 3.63) is 183 Å². The van der Waals surface area contributed by atoms with E-state index in [9.17, 15) is 60.2 Å². The van der Waals surface area contributed by atoms with Gasteiger partial charge in [0.05, 0.1) is 46.0 Å². The second-order valence-electron chi connectivity index (χ2n) is 17.4. The number of aryl methyl sites for hydroxylation is 4. The van der Waals surface area contributed by atoms with Crippen LogP contribution in [0.15, 0.2) is 97.1 Å². The third kappa shape index (κ3) is 15.1. The molecule has 1 amide bonds. The van der Waals surface area contributed by atoms with Gasteiger partial charge in [0.1, 0.15) is 0 Å². The number of halogens is 8. The van der Waals surface area contributed by atoms with E-state index >= 15 is 0 Å². The van der Waals surface area contributed by atoms with Crippen molar-refractivity contribution in [2.75, 3.05) is 7.11 Å². The van der Waals surface area contributed by atoms with E-state index in [0.29, 0.717) is 45.5 Å². The number of esters is 1. The number of carboxylic acids is 2. The Balaban J connectivity index is 0.000000210. The first-order valence-corrected chi connectivity index (χ1v) is 24.7. The Labute approximate surface area is 439 Å². The quantitative estimate of drug-likeness (QED) is 0.0397. The lowest BCUT2D eigenvalue weighted by molar-refractivity contribution is -0.138. The molecule has 2 aliphatic rings. The third-order valence-corrected chi connectivity index (χ3v) is 14.7. The number of aromatic carboxylic acids is 2. The maximum atomic E-state index is 13.3. The number of hydrogen-bond donors (Lipinski definition) is 4. The van der Waals surface area contributed by atoms with Crippen molar-refractivity contribution in [2.24, 2.45) is 5.73 Å². The lowest BCUT2D eigenvalue weighted by Crippen LogP contribution is -2.35. The molecule has 2 aromatic heterocycles. The van der Waals surface area contributed by atoms with Crippen LogP contribution in [-0.4, -0.2) is 51.6 Å². The molecule has 0 atom stereocenters. The summed E-state index contributed by atoms with van der Waals surface area (Å²) in [6, 6.07) is 23.7. The standard InChI is InChI=1S/C25H22F3NO3S.C15H13F3O2S.C11H13NO2.C2Cl2O2/c1-14-20(13-16-3-7-19(8-4-16)25(26,27)28)21(15(2)33-14)22(30)29-24(11-12-24)18-9-5-17(6-10-18)23(31)32;1-8-12(13(14(19)20)9(2)21-8)7-10-3-5-11(6-4-10)15(16,17)18;1-14-10(13)8-2-4-9(5-3-8)11(12)6-7-11;3-1(5)2(4)6/h3-10H,11-13H2,1-2H3,(H,29,30)(H,31,32);3-6H,7H2,1-2H3,(H,19,20);2-5H,6-7,12H2,1H3;. The minimum atomic E-state index is -4.39. The fourth-order valence-corrected chi connectivity index (χ4v) is 9.94. The number of methoxy groups -OCH3 is 1. The van der Waals surface area contributed by atoms with Crippen LogP contribution in [0.2, 0.25) is 0 Å².